The highest BCUT2D eigenvalue weighted by Crippen LogP contribution is 2.33. The third-order valence-electron chi connectivity index (χ3n) is 4.97. The van der Waals surface area contributed by atoms with Gasteiger partial charge in [0.05, 0.1) is 4.90 Å². The van der Waals surface area contributed by atoms with Gasteiger partial charge in [-0.3, -0.25) is 0 Å². The van der Waals surface area contributed by atoms with Crippen molar-refractivity contribution in [3.05, 3.63) is 84.8 Å². The molecule has 3 heterocycles. The average molecular weight is 387 g/mol. The van der Waals surface area contributed by atoms with Gasteiger partial charge in [0.15, 0.2) is 5.65 Å². The predicted octanol–water partition coefficient (Wildman–Crippen LogP) is 4.73. The molecule has 0 amide bonds. The Labute approximate surface area is 162 Å². The maximum absolute atomic E-state index is 13.3. The molecule has 6 heteroatoms. The van der Waals surface area contributed by atoms with Crippen molar-refractivity contribution >= 4 is 32.0 Å². The van der Waals surface area contributed by atoms with Crippen LogP contribution in [0.15, 0.2) is 84.1 Å². The van der Waals surface area contributed by atoms with Gasteiger partial charge in [0.25, 0.3) is 10.0 Å². The molecular formula is C22H17N3O2S. The van der Waals surface area contributed by atoms with E-state index in [2.05, 4.69) is 16.0 Å². The van der Waals surface area contributed by atoms with Gasteiger partial charge in [-0.2, -0.15) is 0 Å². The number of aromatic nitrogens is 3. The summed E-state index contributed by atoms with van der Waals surface area (Å²) < 4.78 is 27.9. The minimum absolute atomic E-state index is 0.244. The van der Waals surface area contributed by atoms with Gasteiger partial charge in [-0.15, -0.1) is 0 Å². The molecule has 0 aliphatic heterocycles. The number of H-pyrrole nitrogens is 1. The Morgan fingerprint density at radius 3 is 2.64 bits per heavy atom. The molecule has 0 saturated carbocycles. The van der Waals surface area contributed by atoms with Crippen LogP contribution in [0.1, 0.15) is 5.56 Å². The molecule has 5 nitrogen and oxygen atoms in total. The standard InChI is InChI=1S/C22H17N3O2S/c1-15-4-7-18(8-5-15)28(26,27)25-14-20(19-3-2-11-24-22(19)25)16-6-9-21-17(13-16)10-12-23-21/h2-14,23H,1H3. The summed E-state index contributed by atoms with van der Waals surface area (Å²) in [5.41, 5.74) is 4.25. The number of hydrogen-bond acceptors (Lipinski definition) is 3. The summed E-state index contributed by atoms with van der Waals surface area (Å²) in [5, 5.41) is 1.87. The third kappa shape index (κ3) is 2.53. The second kappa shape index (κ2) is 6.07. The maximum atomic E-state index is 13.3. The van der Waals surface area contributed by atoms with Crippen LogP contribution in [0.3, 0.4) is 0 Å². The molecule has 0 aliphatic rings. The van der Waals surface area contributed by atoms with Crippen molar-refractivity contribution in [2.45, 2.75) is 11.8 Å². The van der Waals surface area contributed by atoms with Crippen molar-refractivity contribution < 1.29 is 8.42 Å². The summed E-state index contributed by atoms with van der Waals surface area (Å²) in [7, 11) is -3.75. The van der Waals surface area contributed by atoms with Crippen molar-refractivity contribution in [3.8, 4) is 11.1 Å². The Morgan fingerprint density at radius 1 is 1.00 bits per heavy atom. The molecule has 0 spiro atoms. The third-order valence-corrected chi connectivity index (χ3v) is 6.64. The lowest BCUT2D eigenvalue weighted by Gasteiger charge is -2.07. The molecule has 0 bridgehead atoms. The Kier molecular flexibility index (Phi) is 3.64. The van der Waals surface area contributed by atoms with Crippen LogP contribution < -0.4 is 0 Å². The highest BCUT2D eigenvalue weighted by Gasteiger charge is 2.22. The van der Waals surface area contributed by atoms with Crippen LogP contribution in [0.25, 0.3) is 33.1 Å². The van der Waals surface area contributed by atoms with Gasteiger partial charge in [-0.25, -0.2) is 17.4 Å². The second-order valence-corrected chi connectivity index (χ2v) is 8.63. The van der Waals surface area contributed by atoms with Crippen molar-refractivity contribution in [2.24, 2.45) is 0 Å². The number of benzene rings is 2. The van der Waals surface area contributed by atoms with E-state index in [4.69, 9.17) is 0 Å². The molecule has 28 heavy (non-hydrogen) atoms. The van der Waals surface area contributed by atoms with Crippen molar-refractivity contribution in [1.29, 1.82) is 0 Å². The van der Waals surface area contributed by atoms with Gasteiger partial charge in [-0.1, -0.05) is 23.8 Å². The zero-order valence-electron chi connectivity index (χ0n) is 15.1. The number of fused-ring (bicyclic) bond motifs is 2. The first-order chi connectivity index (χ1) is 13.5. The Bertz CT molecular complexity index is 1430. The van der Waals surface area contributed by atoms with Gasteiger partial charge in [-0.05, 0) is 60.3 Å². The van der Waals surface area contributed by atoms with Gasteiger partial charge < -0.3 is 4.98 Å². The molecule has 0 fully saturated rings. The average Bonchev–Trinajstić information content (AvgIpc) is 3.32. The lowest BCUT2D eigenvalue weighted by atomic mass is 10.0. The first kappa shape index (κ1) is 16.8. The minimum atomic E-state index is -3.75. The normalized spacial score (nSPS) is 12.0. The number of aromatic amines is 1. The first-order valence-electron chi connectivity index (χ1n) is 8.90. The van der Waals surface area contributed by atoms with Gasteiger partial charge in [0, 0.05) is 35.1 Å². The number of pyridine rings is 1. The van der Waals surface area contributed by atoms with Crippen molar-refractivity contribution in [2.75, 3.05) is 0 Å². The van der Waals surface area contributed by atoms with Crippen LogP contribution in [0.2, 0.25) is 0 Å². The van der Waals surface area contributed by atoms with E-state index in [9.17, 15) is 8.42 Å². The zero-order chi connectivity index (χ0) is 19.3. The van der Waals surface area contributed by atoms with Crippen molar-refractivity contribution in [3.63, 3.8) is 0 Å². The molecule has 5 aromatic rings. The number of aryl methyl sites for hydroxylation is 1. The second-order valence-electron chi connectivity index (χ2n) is 6.81. The van der Waals surface area contributed by atoms with E-state index in [0.717, 1.165) is 33.0 Å². The fraction of sp³-hybridized carbons (Fsp3) is 0.0455. The molecule has 2 aromatic carbocycles. The quantitative estimate of drug-likeness (QED) is 0.487. The van der Waals surface area contributed by atoms with E-state index >= 15 is 0 Å². The Morgan fingerprint density at radius 2 is 1.82 bits per heavy atom. The van der Waals surface area contributed by atoms with E-state index in [1.165, 1.54) is 3.97 Å². The van der Waals surface area contributed by atoms with E-state index < -0.39 is 10.0 Å². The summed E-state index contributed by atoms with van der Waals surface area (Å²) in [4.78, 5) is 7.79. The maximum Gasteiger partial charge on any atom is 0.269 e. The van der Waals surface area contributed by atoms with Gasteiger partial charge in [0.1, 0.15) is 0 Å². The number of nitrogens with zero attached hydrogens (tertiary/aromatic N) is 2. The molecule has 5 rings (SSSR count). The van der Waals surface area contributed by atoms with Gasteiger partial charge >= 0.3 is 0 Å². The van der Waals surface area contributed by atoms with Crippen LogP contribution in [-0.4, -0.2) is 22.4 Å². The summed E-state index contributed by atoms with van der Waals surface area (Å²) >= 11 is 0. The summed E-state index contributed by atoms with van der Waals surface area (Å²) in [5.74, 6) is 0. The molecule has 3 aromatic heterocycles. The largest absolute Gasteiger partial charge is 0.361 e. The molecular weight excluding hydrogens is 370 g/mol. The summed E-state index contributed by atoms with van der Waals surface area (Å²) in [6.45, 7) is 1.93. The number of hydrogen-bond donors (Lipinski definition) is 1. The van der Waals surface area contributed by atoms with Gasteiger partial charge in [0.2, 0.25) is 0 Å². The fourth-order valence-electron chi connectivity index (χ4n) is 3.49. The molecule has 0 saturated heterocycles. The van der Waals surface area contributed by atoms with Crippen molar-refractivity contribution in [1.82, 2.24) is 13.9 Å². The van der Waals surface area contributed by atoms with E-state index in [1.54, 1.807) is 36.7 Å². The topological polar surface area (TPSA) is 67.8 Å². The van der Waals surface area contributed by atoms with E-state index in [1.807, 2.05) is 43.5 Å². The molecule has 0 aliphatic carbocycles. The predicted molar refractivity (Wildman–Crippen MR) is 111 cm³/mol. The number of nitrogens with one attached hydrogen (secondary N) is 1. The highest BCUT2D eigenvalue weighted by molar-refractivity contribution is 7.90. The molecule has 0 atom stereocenters. The molecule has 1 N–H and O–H groups in total. The van der Waals surface area contributed by atoms with Crippen LogP contribution in [-0.2, 0) is 10.0 Å². The van der Waals surface area contributed by atoms with E-state index in [0.29, 0.717) is 5.65 Å². The van der Waals surface area contributed by atoms with Crippen LogP contribution in [0.5, 0.6) is 0 Å². The molecule has 0 unspecified atom stereocenters. The smallest absolute Gasteiger partial charge is 0.269 e. The summed E-state index contributed by atoms with van der Waals surface area (Å²) in [6.07, 6.45) is 5.17. The summed E-state index contributed by atoms with van der Waals surface area (Å²) in [6, 6.07) is 18.6. The zero-order valence-corrected chi connectivity index (χ0v) is 15.9. The lowest BCUT2D eigenvalue weighted by molar-refractivity contribution is 0.589. The fourth-order valence-corrected chi connectivity index (χ4v) is 4.81. The monoisotopic (exact) mass is 387 g/mol. The van der Waals surface area contributed by atoms with Crippen LogP contribution in [0, 0.1) is 6.92 Å². The number of rotatable bonds is 3. The van der Waals surface area contributed by atoms with E-state index in [-0.39, 0.29) is 4.90 Å². The van der Waals surface area contributed by atoms with Crippen LogP contribution >= 0.6 is 0 Å². The first-order valence-corrected chi connectivity index (χ1v) is 10.3. The minimum Gasteiger partial charge on any atom is -0.361 e. The Balaban J connectivity index is 1.76. The highest BCUT2D eigenvalue weighted by atomic mass is 32.2. The molecule has 138 valence electrons. The SMILES string of the molecule is Cc1ccc(S(=O)(=O)n2cc(-c3ccc4[nH]ccc4c3)c3cccnc32)cc1. The Hall–Kier alpha value is -3.38. The molecule has 0 radical (unpaired) electrons. The van der Waals surface area contributed by atoms with Crippen LogP contribution in [0.4, 0.5) is 0 Å². The lowest BCUT2D eigenvalue weighted by Crippen LogP contribution is -2.12.